The highest BCUT2D eigenvalue weighted by atomic mass is 16.5. The summed E-state index contributed by atoms with van der Waals surface area (Å²) < 4.78 is 5.87. The Balaban J connectivity index is 1.85. The monoisotopic (exact) mass is 260 g/mol. The molecule has 4 nitrogen and oxygen atoms in total. The quantitative estimate of drug-likeness (QED) is 0.831. The minimum atomic E-state index is -0.150. The van der Waals surface area contributed by atoms with Crippen LogP contribution in [-0.4, -0.2) is 37.7 Å². The number of nitrogens with one attached hydrogen (secondary N) is 1. The number of carbonyl (C=O) groups excluding carboxylic acids is 1. The van der Waals surface area contributed by atoms with E-state index in [-0.39, 0.29) is 18.1 Å². The molecule has 2 heterocycles. The van der Waals surface area contributed by atoms with Gasteiger partial charge in [-0.1, -0.05) is 12.1 Å². The number of hydrogen-bond acceptors (Lipinski definition) is 3. The average Bonchev–Trinajstić information content (AvgIpc) is 2.43. The zero-order valence-corrected chi connectivity index (χ0v) is 11.3. The van der Waals surface area contributed by atoms with Gasteiger partial charge in [-0.3, -0.25) is 4.79 Å². The van der Waals surface area contributed by atoms with E-state index in [1.54, 1.807) is 0 Å². The maximum absolute atomic E-state index is 12.1. The summed E-state index contributed by atoms with van der Waals surface area (Å²) >= 11 is 0. The van der Waals surface area contributed by atoms with Crippen molar-refractivity contribution in [3.05, 3.63) is 29.8 Å². The Hall–Kier alpha value is -1.39. The van der Waals surface area contributed by atoms with Crippen LogP contribution in [0.15, 0.2) is 24.3 Å². The fourth-order valence-corrected chi connectivity index (χ4v) is 2.93. The molecule has 1 aromatic rings. The first-order valence-corrected chi connectivity index (χ1v) is 6.90. The summed E-state index contributed by atoms with van der Waals surface area (Å²) in [5, 5.41) is 3.35. The van der Waals surface area contributed by atoms with Crippen LogP contribution < -0.4 is 10.2 Å². The number of carbonyl (C=O) groups is 1. The summed E-state index contributed by atoms with van der Waals surface area (Å²) in [7, 11) is 0. The molecule has 0 saturated carbocycles. The molecule has 1 amide bonds. The van der Waals surface area contributed by atoms with Crippen molar-refractivity contribution in [1.29, 1.82) is 0 Å². The van der Waals surface area contributed by atoms with E-state index < -0.39 is 0 Å². The molecule has 2 aliphatic rings. The van der Waals surface area contributed by atoms with Gasteiger partial charge in [-0.2, -0.15) is 0 Å². The molecule has 0 atom stereocenters. The highest BCUT2D eigenvalue weighted by Crippen LogP contribution is 2.30. The lowest BCUT2D eigenvalue weighted by molar-refractivity contribution is -0.141. The molecule has 102 valence electrons. The van der Waals surface area contributed by atoms with E-state index in [9.17, 15) is 4.79 Å². The summed E-state index contributed by atoms with van der Waals surface area (Å²) in [4.78, 5) is 14.0. The van der Waals surface area contributed by atoms with Crippen LogP contribution in [0.25, 0.3) is 0 Å². The van der Waals surface area contributed by atoms with Gasteiger partial charge in [0.05, 0.1) is 12.1 Å². The van der Waals surface area contributed by atoms with Crippen LogP contribution in [0.5, 0.6) is 0 Å². The number of morpholine rings is 1. The van der Waals surface area contributed by atoms with E-state index in [2.05, 4.69) is 24.4 Å². The van der Waals surface area contributed by atoms with Gasteiger partial charge in [0.1, 0.15) is 6.61 Å². The molecule has 4 heteroatoms. The molecule has 3 rings (SSSR count). The lowest BCUT2D eigenvalue weighted by Gasteiger charge is -2.44. The van der Waals surface area contributed by atoms with Crippen molar-refractivity contribution in [1.82, 2.24) is 5.32 Å². The number of rotatable bonds is 1. The summed E-state index contributed by atoms with van der Waals surface area (Å²) in [5.41, 5.74) is 2.02. The van der Waals surface area contributed by atoms with Gasteiger partial charge in [-0.15, -0.1) is 0 Å². The number of piperidine rings is 1. The Bertz CT molecular complexity index is 481. The molecule has 2 fully saturated rings. The van der Waals surface area contributed by atoms with Gasteiger partial charge < -0.3 is 15.0 Å². The first-order valence-electron chi connectivity index (χ1n) is 6.90. The summed E-state index contributed by atoms with van der Waals surface area (Å²) in [6.45, 7) is 4.87. The summed E-state index contributed by atoms with van der Waals surface area (Å²) in [6, 6.07) is 8.13. The molecule has 0 unspecified atom stereocenters. The van der Waals surface area contributed by atoms with Gasteiger partial charge in [0, 0.05) is 5.69 Å². The minimum absolute atomic E-state index is 0.0646. The van der Waals surface area contributed by atoms with Crippen LogP contribution in [0.4, 0.5) is 5.69 Å². The van der Waals surface area contributed by atoms with E-state index in [4.69, 9.17) is 4.74 Å². The van der Waals surface area contributed by atoms with Crippen molar-refractivity contribution in [2.45, 2.75) is 25.4 Å². The molecule has 2 saturated heterocycles. The van der Waals surface area contributed by atoms with Crippen molar-refractivity contribution in [3.8, 4) is 0 Å². The number of benzene rings is 1. The molecule has 1 N–H and O–H groups in total. The second kappa shape index (κ2) is 4.94. The maximum Gasteiger partial charge on any atom is 0.253 e. The first kappa shape index (κ1) is 12.6. The minimum Gasteiger partial charge on any atom is -0.363 e. The van der Waals surface area contributed by atoms with E-state index in [1.165, 1.54) is 5.56 Å². The Kier molecular flexibility index (Phi) is 3.29. The Labute approximate surface area is 113 Å². The van der Waals surface area contributed by atoms with Crippen molar-refractivity contribution in [2.24, 2.45) is 0 Å². The van der Waals surface area contributed by atoms with Crippen molar-refractivity contribution < 1.29 is 9.53 Å². The Morgan fingerprint density at radius 1 is 1.32 bits per heavy atom. The molecule has 2 aliphatic heterocycles. The predicted octanol–water partition coefficient (Wildman–Crippen LogP) is 1.48. The molecule has 19 heavy (non-hydrogen) atoms. The number of aryl methyl sites for hydroxylation is 1. The second-order valence-corrected chi connectivity index (χ2v) is 5.54. The van der Waals surface area contributed by atoms with E-state index >= 15 is 0 Å². The second-order valence-electron chi connectivity index (χ2n) is 5.54. The van der Waals surface area contributed by atoms with E-state index in [1.807, 2.05) is 17.0 Å². The third-order valence-electron chi connectivity index (χ3n) is 4.08. The molecule has 1 aromatic carbocycles. The number of hydrogen-bond donors (Lipinski definition) is 1. The van der Waals surface area contributed by atoms with Crippen LogP contribution in [0.2, 0.25) is 0 Å². The average molecular weight is 260 g/mol. The third-order valence-corrected chi connectivity index (χ3v) is 4.08. The lowest BCUT2D eigenvalue weighted by atomic mass is 9.90. The van der Waals surface area contributed by atoms with E-state index in [0.717, 1.165) is 31.6 Å². The number of anilines is 1. The van der Waals surface area contributed by atoms with Crippen LogP contribution in [0.1, 0.15) is 18.4 Å². The maximum atomic E-state index is 12.1. The predicted molar refractivity (Wildman–Crippen MR) is 74.3 cm³/mol. The van der Waals surface area contributed by atoms with Crippen LogP contribution >= 0.6 is 0 Å². The van der Waals surface area contributed by atoms with E-state index in [0.29, 0.717) is 6.54 Å². The van der Waals surface area contributed by atoms with Gasteiger partial charge in [0.2, 0.25) is 0 Å². The van der Waals surface area contributed by atoms with Gasteiger partial charge in [0.25, 0.3) is 5.91 Å². The SMILES string of the molecule is Cc1cccc(N2CC3(CCNCC3)OCC2=O)c1. The van der Waals surface area contributed by atoms with Crippen LogP contribution in [0.3, 0.4) is 0 Å². The molecule has 0 radical (unpaired) electrons. The largest absolute Gasteiger partial charge is 0.363 e. The highest BCUT2D eigenvalue weighted by Gasteiger charge is 2.41. The lowest BCUT2D eigenvalue weighted by Crippen LogP contribution is -2.58. The van der Waals surface area contributed by atoms with Crippen LogP contribution in [-0.2, 0) is 9.53 Å². The van der Waals surface area contributed by atoms with Gasteiger partial charge in [0.15, 0.2) is 0 Å². The standard InChI is InChI=1S/C15H20N2O2/c1-12-3-2-4-13(9-12)17-11-15(19-10-14(17)18)5-7-16-8-6-15/h2-4,9,16H,5-8,10-11H2,1H3. The molecule has 0 aliphatic carbocycles. The third kappa shape index (κ3) is 2.51. The van der Waals surface area contributed by atoms with Crippen molar-refractivity contribution >= 4 is 11.6 Å². The van der Waals surface area contributed by atoms with Crippen LogP contribution in [0, 0.1) is 6.92 Å². The summed E-state index contributed by atoms with van der Waals surface area (Å²) in [6.07, 6.45) is 1.95. The fourth-order valence-electron chi connectivity index (χ4n) is 2.93. The van der Waals surface area contributed by atoms with Gasteiger partial charge >= 0.3 is 0 Å². The molecule has 0 aromatic heterocycles. The smallest absolute Gasteiger partial charge is 0.253 e. The zero-order chi connectivity index (χ0) is 13.3. The molecule has 1 spiro atoms. The highest BCUT2D eigenvalue weighted by molar-refractivity contribution is 5.95. The van der Waals surface area contributed by atoms with Gasteiger partial charge in [-0.05, 0) is 50.6 Å². The first-order chi connectivity index (χ1) is 9.19. The molecular formula is C15H20N2O2. The number of nitrogens with zero attached hydrogens (tertiary/aromatic N) is 1. The Morgan fingerprint density at radius 3 is 2.84 bits per heavy atom. The Morgan fingerprint density at radius 2 is 2.11 bits per heavy atom. The number of ether oxygens (including phenoxy) is 1. The number of amides is 1. The normalized spacial score (nSPS) is 22.8. The zero-order valence-electron chi connectivity index (χ0n) is 11.3. The van der Waals surface area contributed by atoms with Crippen molar-refractivity contribution in [3.63, 3.8) is 0 Å². The van der Waals surface area contributed by atoms with Crippen molar-refractivity contribution in [2.75, 3.05) is 31.1 Å². The molecule has 0 bridgehead atoms. The topological polar surface area (TPSA) is 41.6 Å². The molecular weight excluding hydrogens is 240 g/mol. The fraction of sp³-hybridized carbons (Fsp3) is 0.533. The van der Waals surface area contributed by atoms with Gasteiger partial charge in [-0.25, -0.2) is 0 Å². The summed E-state index contributed by atoms with van der Waals surface area (Å²) in [5.74, 6) is 0.0646.